The highest BCUT2D eigenvalue weighted by atomic mass is 19.1. The molecule has 2 N–H and O–H groups in total. The molecule has 0 bridgehead atoms. The molecule has 0 aliphatic heterocycles. The Kier molecular flexibility index (Phi) is 5.14. The lowest BCUT2D eigenvalue weighted by molar-refractivity contribution is -0.126. The van der Waals surface area contributed by atoms with E-state index in [2.05, 4.69) is 20.2 Å². The van der Waals surface area contributed by atoms with Gasteiger partial charge in [0, 0.05) is 6.04 Å². The molecule has 1 aliphatic rings. The predicted molar refractivity (Wildman–Crippen MR) is 92.0 cm³/mol. The third-order valence-corrected chi connectivity index (χ3v) is 5.06. The maximum Gasteiger partial charge on any atom is 0.237 e. The second-order valence-electron chi connectivity index (χ2n) is 6.70. The summed E-state index contributed by atoms with van der Waals surface area (Å²) in [7, 11) is 2.03. The van der Waals surface area contributed by atoms with Crippen molar-refractivity contribution in [2.24, 2.45) is 0 Å². The van der Waals surface area contributed by atoms with E-state index in [4.69, 9.17) is 0 Å². The second-order valence-corrected chi connectivity index (χ2v) is 6.70. The third kappa shape index (κ3) is 3.75. The van der Waals surface area contributed by atoms with Crippen LogP contribution in [0.3, 0.4) is 0 Å². The molecule has 1 fully saturated rings. The summed E-state index contributed by atoms with van der Waals surface area (Å²) in [5.74, 6) is 0.329. The van der Waals surface area contributed by atoms with Crippen molar-refractivity contribution in [3.8, 4) is 0 Å². The van der Waals surface area contributed by atoms with Gasteiger partial charge in [-0.2, -0.15) is 0 Å². The van der Waals surface area contributed by atoms with Crippen LogP contribution in [0.25, 0.3) is 11.0 Å². The predicted octanol–water partition coefficient (Wildman–Crippen LogP) is 2.97. The van der Waals surface area contributed by atoms with Gasteiger partial charge in [-0.3, -0.25) is 9.69 Å². The van der Waals surface area contributed by atoms with Crippen LogP contribution in [0.2, 0.25) is 0 Å². The van der Waals surface area contributed by atoms with Gasteiger partial charge < -0.3 is 10.3 Å². The van der Waals surface area contributed by atoms with Crippen LogP contribution in [0.15, 0.2) is 18.2 Å². The monoisotopic (exact) mass is 332 g/mol. The quantitative estimate of drug-likeness (QED) is 0.885. The Labute approximate surface area is 141 Å². The molecule has 1 aliphatic carbocycles. The van der Waals surface area contributed by atoms with Crippen LogP contribution in [0.5, 0.6) is 0 Å². The van der Waals surface area contributed by atoms with E-state index in [9.17, 15) is 9.18 Å². The molecule has 0 radical (unpaired) electrons. The molecule has 0 spiro atoms. The van der Waals surface area contributed by atoms with Crippen molar-refractivity contribution in [2.45, 2.75) is 57.7 Å². The number of hydrogen-bond acceptors (Lipinski definition) is 3. The number of imidazole rings is 1. The van der Waals surface area contributed by atoms with Gasteiger partial charge in [0.25, 0.3) is 0 Å². The molecule has 3 rings (SSSR count). The lowest BCUT2D eigenvalue weighted by atomic mass is 9.93. The minimum Gasteiger partial charge on any atom is -0.348 e. The zero-order chi connectivity index (χ0) is 17.1. The summed E-state index contributed by atoms with van der Waals surface area (Å²) in [6, 6.07) is 4.75. The Morgan fingerprint density at radius 1 is 1.42 bits per heavy atom. The minimum absolute atomic E-state index is 0.00490. The molecule has 1 amide bonds. The average molecular weight is 332 g/mol. The van der Waals surface area contributed by atoms with E-state index in [-0.39, 0.29) is 17.8 Å². The van der Waals surface area contributed by atoms with Gasteiger partial charge in [0.05, 0.1) is 23.6 Å². The van der Waals surface area contributed by atoms with Crippen molar-refractivity contribution in [2.75, 3.05) is 7.05 Å². The van der Waals surface area contributed by atoms with Crippen molar-refractivity contribution in [3.63, 3.8) is 0 Å². The first-order valence-corrected chi connectivity index (χ1v) is 8.68. The third-order valence-electron chi connectivity index (χ3n) is 5.06. The number of carbonyl (C=O) groups is 1. The minimum atomic E-state index is -0.301. The molecule has 2 aromatic rings. The molecule has 6 heteroatoms. The summed E-state index contributed by atoms with van der Waals surface area (Å²) in [5, 5.41) is 2.93. The lowest BCUT2D eigenvalue weighted by Crippen LogP contribution is -2.48. The Morgan fingerprint density at radius 2 is 2.17 bits per heavy atom. The van der Waals surface area contributed by atoms with E-state index in [1.807, 2.05) is 14.0 Å². The fraction of sp³-hybridized carbons (Fsp3) is 0.556. The highest BCUT2D eigenvalue weighted by Crippen LogP contribution is 2.23. The van der Waals surface area contributed by atoms with Gasteiger partial charge in [-0.25, -0.2) is 9.37 Å². The highest BCUT2D eigenvalue weighted by Gasteiger charge is 2.26. The Bertz CT molecular complexity index is 708. The van der Waals surface area contributed by atoms with Crippen molar-refractivity contribution in [3.05, 3.63) is 29.8 Å². The Hall–Kier alpha value is -1.95. The summed E-state index contributed by atoms with van der Waals surface area (Å²) in [6.45, 7) is 2.26. The number of H-pyrrole nitrogens is 1. The molecule has 1 aromatic heterocycles. The lowest BCUT2D eigenvalue weighted by Gasteiger charge is -2.34. The van der Waals surface area contributed by atoms with Crippen molar-refractivity contribution < 1.29 is 9.18 Å². The number of amides is 1. The molecule has 5 nitrogen and oxygen atoms in total. The second kappa shape index (κ2) is 7.30. The van der Waals surface area contributed by atoms with Gasteiger partial charge in [0.15, 0.2) is 0 Å². The fourth-order valence-electron chi connectivity index (χ4n) is 3.43. The standard InChI is InChI=1S/C18H25FN4O/c1-12(23(2)14-6-4-3-5-7-14)18(24)20-11-17-21-15-9-8-13(19)10-16(15)22-17/h8-10,12,14H,3-7,11H2,1-2H3,(H,20,24)(H,21,22). The molecule has 1 unspecified atom stereocenters. The van der Waals surface area contributed by atoms with Crippen LogP contribution in [0, 0.1) is 5.82 Å². The van der Waals surface area contributed by atoms with E-state index in [0.29, 0.717) is 29.4 Å². The van der Waals surface area contributed by atoms with Gasteiger partial charge in [-0.15, -0.1) is 0 Å². The van der Waals surface area contributed by atoms with Gasteiger partial charge in [0.1, 0.15) is 11.6 Å². The molecule has 1 heterocycles. The SMILES string of the molecule is CC(C(=O)NCc1nc2ccc(F)cc2[nH]1)N(C)C1CCCCC1. The number of aromatic amines is 1. The molecule has 130 valence electrons. The van der Waals surface area contributed by atoms with Crippen LogP contribution in [-0.4, -0.2) is 39.9 Å². The maximum atomic E-state index is 13.2. The highest BCUT2D eigenvalue weighted by molar-refractivity contribution is 5.81. The Balaban J connectivity index is 1.57. The molecular formula is C18H25FN4O. The zero-order valence-corrected chi connectivity index (χ0v) is 14.3. The molecule has 1 atom stereocenters. The topological polar surface area (TPSA) is 61.0 Å². The van der Waals surface area contributed by atoms with Crippen LogP contribution >= 0.6 is 0 Å². The normalized spacial score (nSPS) is 17.3. The molecular weight excluding hydrogens is 307 g/mol. The van der Waals surface area contributed by atoms with Gasteiger partial charge in [-0.05, 0) is 45.0 Å². The first kappa shape index (κ1) is 16.9. The number of halogens is 1. The van der Waals surface area contributed by atoms with Crippen LogP contribution in [0.1, 0.15) is 44.9 Å². The number of aromatic nitrogens is 2. The number of rotatable bonds is 5. The summed E-state index contributed by atoms with van der Waals surface area (Å²) in [5.41, 5.74) is 1.35. The van der Waals surface area contributed by atoms with Gasteiger partial charge in [0.2, 0.25) is 5.91 Å². The fourth-order valence-corrected chi connectivity index (χ4v) is 3.43. The van der Waals surface area contributed by atoms with E-state index in [1.165, 1.54) is 44.2 Å². The summed E-state index contributed by atoms with van der Waals surface area (Å²) in [6.07, 6.45) is 6.14. The number of likely N-dealkylation sites (N-methyl/N-ethyl adjacent to an activating group) is 1. The summed E-state index contributed by atoms with van der Waals surface area (Å²) in [4.78, 5) is 22.0. The Morgan fingerprint density at radius 3 is 2.92 bits per heavy atom. The van der Waals surface area contributed by atoms with Crippen LogP contribution in [-0.2, 0) is 11.3 Å². The van der Waals surface area contributed by atoms with Crippen molar-refractivity contribution in [1.82, 2.24) is 20.2 Å². The van der Waals surface area contributed by atoms with Gasteiger partial charge >= 0.3 is 0 Å². The largest absolute Gasteiger partial charge is 0.348 e. The number of carbonyl (C=O) groups excluding carboxylic acids is 1. The average Bonchev–Trinajstić information content (AvgIpc) is 3.01. The summed E-state index contributed by atoms with van der Waals surface area (Å²) < 4.78 is 13.2. The van der Waals surface area contributed by atoms with Crippen molar-refractivity contribution >= 4 is 16.9 Å². The number of benzene rings is 1. The van der Waals surface area contributed by atoms with Crippen LogP contribution in [0.4, 0.5) is 4.39 Å². The molecule has 0 saturated heterocycles. The number of nitrogens with one attached hydrogen (secondary N) is 2. The van der Waals surface area contributed by atoms with Crippen molar-refractivity contribution in [1.29, 1.82) is 0 Å². The summed E-state index contributed by atoms with van der Waals surface area (Å²) >= 11 is 0. The maximum absolute atomic E-state index is 13.2. The number of nitrogens with zero attached hydrogens (tertiary/aromatic N) is 2. The first-order chi connectivity index (χ1) is 11.5. The smallest absolute Gasteiger partial charge is 0.237 e. The van der Waals surface area contributed by atoms with E-state index < -0.39 is 0 Å². The van der Waals surface area contributed by atoms with Crippen LogP contribution < -0.4 is 5.32 Å². The molecule has 1 saturated carbocycles. The van der Waals surface area contributed by atoms with Gasteiger partial charge in [-0.1, -0.05) is 19.3 Å². The van der Waals surface area contributed by atoms with E-state index in [1.54, 1.807) is 6.07 Å². The number of hydrogen-bond donors (Lipinski definition) is 2. The zero-order valence-electron chi connectivity index (χ0n) is 14.3. The first-order valence-electron chi connectivity index (χ1n) is 8.68. The molecule has 1 aromatic carbocycles. The molecule has 24 heavy (non-hydrogen) atoms. The van der Waals surface area contributed by atoms with E-state index >= 15 is 0 Å². The number of fused-ring (bicyclic) bond motifs is 1. The van der Waals surface area contributed by atoms with E-state index in [0.717, 1.165) is 0 Å².